The van der Waals surface area contributed by atoms with Crippen molar-refractivity contribution in [2.75, 3.05) is 7.11 Å². The Balaban J connectivity index is 2.77. The second kappa shape index (κ2) is 4.59. The highest BCUT2D eigenvalue weighted by atomic mass is 28.4. The summed E-state index contributed by atoms with van der Waals surface area (Å²) in [5.74, 6) is -0.884. The van der Waals surface area contributed by atoms with Crippen molar-refractivity contribution in [3.05, 3.63) is 35.4 Å². The lowest BCUT2D eigenvalue weighted by molar-refractivity contribution is 0.0697. The molecule has 0 amide bonds. The summed E-state index contributed by atoms with van der Waals surface area (Å²) in [6.07, 6.45) is 0. The smallest absolute Gasteiger partial charge is 0.335 e. The Labute approximate surface area is 90.8 Å². The fourth-order valence-corrected chi connectivity index (χ4v) is 2.69. The normalized spacial score (nSPS) is 11.4. The average molecular weight is 224 g/mol. The fraction of sp³-hybridized carbons (Fsp3) is 0.364. The van der Waals surface area contributed by atoms with Crippen LogP contribution < -0.4 is 0 Å². The Hall–Kier alpha value is -1.13. The largest absolute Gasteiger partial charge is 0.478 e. The molecule has 3 nitrogen and oxygen atoms in total. The molecule has 1 aromatic carbocycles. The minimum atomic E-state index is -1.61. The van der Waals surface area contributed by atoms with Crippen molar-refractivity contribution >= 4 is 14.3 Å². The van der Waals surface area contributed by atoms with Gasteiger partial charge in [-0.15, -0.1) is 0 Å². The molecule has 0 radical (unpaired) electrons. The summed E-state index contributed by atoms with van der Waals surface area (Å²) in [7, 11) is 0.124. The molecule has 15 heavy (non-hydrogen) atoms. The summed E-state index contributed by atoms with van der Waals surface area (Å²) < 4.78 is 5.44. The average Bonchev–Trinajstić information content (AvgIpc) is 2.18. The summed E-state index contributed by atoms with van der Waals surface area (Å²) in [4.78, 5) is 10.6. The van der Waals surface area contributed by atoms with Gasteiger partial charge in [0.2, 0.25) is 0 Å². The number of aromatic carboxylic acids is 1. The molecule has 0 aliphatic carbocycles. The molecule has 0 unspecified atom stereocenters. The molecule has 0 aromatic heterocycles. The van der Waals surface area contributed by atoms with E-state index in [0.717, 1.165) is 11.6 Å². The van der Waals surface area contributed by atoms with Gasteiger partial charge in [0.05, 0.1) is 5.56 Å². The van der Waals surface area contributed by atoms with Crippen LogP contribution in [0.4, 0.5) is 0 Å². The molecule has 1 aromatic rings. The molecular weight excluding hydrogens is 208 g/mol. The number of carboxylic acids is 1. The highest BCUT2D eigenvalue weighted by Crippen LogP contribution is 2.13. The molecule has 0 atom stereocenters. The number of carboxylic acid groups (broad SMARTS) is 1. The maximum atomic E-state index is 10.6. The second-order valence-electron chi connectivity index (χ2n) is 4.14. The van der Waals surface area contributed by atoms with Crippen LogP contribution >= 0.6 is 0 Å². The molecular formula is C11H16O3Si. The maximum absolute atomic E-state index is 10.6. The van der Waals surface area contributed by atoms with E-state index in [-0.39, 0.29) is 0 Å². The van der Waals surface area contributed by atoms with Crippen LogP contribution in [0.5, 0.6) is 0 Å². The Morgan fingerprint density at radius 2 is 1.87 bits per heavy atom. The Morgan fingerprint density at radius 1 is 1.33 bits per heavy atom. The van der Waals surface area contributed by atoms with Crippen molar-refractivity contribution < 1.29 is 14.3 Å². The summed E-state index contributed by atoms with van der Waals surface area (Å²) >= 11 is 0. The van der Waals surface area contributed by atoms with Crippen LogP contribution in [0, 0.1) is 0 Å². The lowest BCUT2D eigenvalue weighted by atomic mass is 10.1. The first-order valence-electron chi connectivity index (χ1n) is 4.82. The highest BCUT2D eigenvalue weighted by molar-refractivity contribution is 6.70. The molecule has 4 heteroatoms. The first kappa shape index (κ1) is 11.9. The third kappa shape index (κ3) is 3.49. The standard InChI is InChI=1S/C11H16O3Si/c1-14-15(2,3)8-9-4-6-10(7-5-9)11(12)13/h4-7H,8H2,1-3H3,(H,12,13). The van der Waals surface area contributed by atoms with Crippen molar-refractivity contribution in [2.24, 2.45) is 0 Å². The maximum Gasteiger partial charge on any atom is 0.335 e. The van der Waals surface area contributed by atoms with Crippen molar-refractivity contribution in [1.29, 1.82) is 0 Å². The van der Waals surface area contributed by atoms with Crippen LogP contribution in [-0.4, -0.2) is 26.5 Å². The van der Waals surface area contributed by atoms with E-state index in [2.05, 4.69) is 13.1 Å². The van der Waals surface area contributed by atoms with Crippen molar-refractivity contribution in [3.63, 3.8) is 0 Å². The molecule has 0 saturated carbocycles. The van der Waals surface area contributed by atoms with Gasteiger partial charge in [-0.2, -0.15) is 0 Å². The van der Waals surface area contributed by atoms with Gasteiger partial charge < -0.3 is 9.53 Å². The molecule has 1 N–H and O–H groups in total. The predicted octanol–water partition coefficient (Wildman–Crippen LogP) is 2.32. The summed E-state index contributed by atoms with van der Waals surface area (Å²) in [5.41, 5.74) is 1.47. The molecule has 1 rings (SSSR count). The third-order valence-corrected chi connectivity index (χ3v) is 4.75. The minimum Gasteiger partial charge on any atom is -0.478 e. The monoisotopic (exact) mass is 224 g/mol. The van der Waals surface area contributed by atoms with Gasteiger partial charge in [0.25, 0.3) is 0 Å². The lowest BCUT2D eigenvalue weighted by Crippen LogP contribution is -2.32. The molecule has 0 aliphatic rings. The van der Waals surface area contributed by atoms with Gasteiger partial charge in [-0.25, -0.2) is 4.79 Å². The Kier molecular flexibility index (Phi) is 3.65. The van der Waals surface area contributed by atoms with Crippen LogP contribution in [0.25, 0.3) is 0 Å². The van der Waals surface area contributed by atoms with Crippen LogP contribution in [0.15, 0.2) is 24.3 Å². The van der Waals surface area contributed by atoms with E-state index in [1.54, 1.807) is 19.2 Å². The molecule has 0 saturated heterocycles. The van der Waals surface area contributed by atoms with E-state index in [9.17, 15) is 4.79 Å². The van der Waals surface area contributed by atoms with Crippen LogP contribution in [0.2, 0.25) is 13.1 Å². The fourth-order valence-electron chi connectivity index (χ4n) is 1.33. The van der Waals surface area contributed by atoms with Crippen LogP contribution in [0.3, 0.4) is 0 Å². The van der Waals surface area contributed by atoms with Gasteiger partial charge in [-0.1, -0.05) is 12.1 Å². The molecule has 0 heterocycles. The van der Waals surface area contributed by atoms with E-state index >= 15 is 0 Å². The van der Waals surface area contributed by atoms with Crippen molar-refractivity contribution in [3.8, 4) is 0 Å². The quantitative estimate of drug-likeness (QED) is 0.798. The molecule has 0 bridgehead atoms. The van der Waals surface area contributed by atoms with E-state index in [4.69, 9.17) is 9.53 Å². The number of carbonyl (C=O) groups is 1. The molecule has 0 spiro atoms. The SMILES string of the molecule is CO[Si](C)(C)Cc1ccc(C(=O)O)cc1. The van der Waals surface area contributed by atoms with Gasteiger partial charge in [-0.3, -0.25) is 0 Å². The second-order valence-corrected chi connectivity index (χ2v) is 8.42. The van der Waals surface area contributed by atoms with Crippen LogP contribution in [-0.2, 0) is 10.5 Å². The lowest BCUT2D eigenvalue weighted by Gasteiger charge is -2.19. The number of hydrogen-bond donors (Lipinski definition) is 1. The van der Waals surface area contributed by atoms with Gasteiger partial charge in [0, 0.05) is 7.11 Å². The van der Waals surface area contributed by atoms with E-state index in [1.165, 1.54) is 0 Å². The van der Waals surface area contributed by atoms with Gasteiger partial charge in [0.1, 0.15) is 0 Å². The Bertz CT molecular complexity index is 343. The van der Waals surface area contributed by atoms with E-state index < -0.39 is 14.3 Å². The summed E-state index contributed by atoms with van der Waals surface area (Å²) in [6, 6.07) is 7.90. The zero-order valence-corrected chi connectivity index (χ0v) is 10.3. The predicted molar refractivity (Wildman–Crippen MR) is 61.6 cm³/mol. The Morgan fingerprint density at radius 3 is 2.27 bits per heavy atom. The van der Waals surface area contributed by atoms with E-state index in [0.29, 0.717) is 5.56 Å². The zero-order chi connectivity index (χ0) is 11.5. The summed E-state index contributed by atoms with van der Waals surface area (Å²) in [6.45, 7) is 4.27. The van der Waals surface area contributed by atoms with Crippen molar-refractivity contribution in [2.45, 2.75) is 19.1 Å². The topological polar surface area (TPSA) is 46.5 Å². The summed E-state index contributed by atoms with van der Waals surface area (Å²) in [5, 5.41) is 8.74. The number of rotatable bonds is 4. The van der Waals surface area contributed by atoms with Gasteiger partial charge in [-0.05, 0) is 36.8 Å². The van der Waals surface area contributed by atoms with Gasteiger partial charge >= 0.3 is 5.97 Å². The van der Waals surface area contributed by atoms with Crippen molar-refractivity contribution in [1.82, 2.24) is 0 Å². The zero-order valence-electron chi connectivity index (χ0n) is 9.28. The minimum absolute atomic E-state index is 0.329. The number of hydrogen-bond acceptors (Lipinski definition) is 2. The molecule has 0 aliphatic heterocycles. The third-order valence-electron chi connectivity index (χ3n) is 2.38. The van der Waals surface area contributed by atoms with Gasteiger partial charge in [0.15, 0.2) is 8.32 Å². The molecule has 82 valence electrons. The molecule has 0 fully saturated rings. The highest BCUT2D eigenvalue weighted by Gasteiger charge is 2.20. The van der Waals surface area contributed by atoms with E-state index in [1.807, 2.05) is 12.1 Å². The van der Waals surface area contributed by atoms with Crippen LogP contribution in [0.1, 0.15) is 15.9 Å². The number of benzene rings is 1. The first-order valence-corrected chi connectivity index (χ1v) is 7.93. The first-order chi connectivity index (χ1) is 6.94.